The fourth-order valence-electron chi connectivity index (χ4n) is 0.725. The van der Waals surface area contributed by atoms with Gasteiger partial charge in [0.15, 0.2) is 5.12 Å². The molecule has 0 aliphatic rings. The molecule has 0 aliphatic heterocycles. The van der Waals surface area contributed by atoms with E-state index < -0.39 is 0 Å². The van der Waals surface area contributed by atoms with E-state index in [-0.39, 0.29) is 5.12 Å². The first-order valence-corrected chi connectivity index (χ1v) is 5.32. The van der Waals surface area contributed by atoms with Gasteiger partial charge in [0.05, 0.1) is 0 Å². The summed E-state index contributed by atoms with van der Waals surface area (Å²) in [5, 5.41) is 1.65. The molecule has 66 valence electrons. The molecule has 3 nitrogen and oxygen atoms in total. The van der Waals surface area contributed by atoms with Crippen LogP contribution in [0.5, 0.6) is 0 Å². The topological polar surface area (TPSA) is 42.9 Å². The third-order valence-corrected chi connectivity index (χ3v) is 2.69. The predicted molar refractivity (Wildman–Crippen MR) is 50.4 cm³/mol. The molecule has 0 spiro atoms. The van der Waals surface area contributed by atoms with E-state index in [0.717, 1.165) is 29.6 Å². The van der Waals surface area contributed by atoms with Gasteiger partial charge >= 0.3 is 0 Å². The molecule has 0 unspecified atom stereocenters. The standard InChI is InChI=1S/C7H10N2OS2/c1-3-4-6-8-7(9-12-6)11-5(2)10/h3-4H2,1-2H3. The second-order valence-corrected chi connectivity index (χ2v) is 4.29. The van der Waals surface area contributed by atoms with Crippen LogP contribution >= 0.6 is 23.3 Å². The highest BCUT2D eigenvalue weighted by Crippen LogP contribution is 2.17. The first-order valence-electron chi connectivity index (χ1n) is 3.73. The predicted octanol–water partition coefficient (Wildman–Crippen LogP) is 2.13. The normalized spacial score (nSPS) is 10.2. The molecule has 0 aromatic carbocycles. The summed E-state index contributed by atoms with van der Waals surface area (Å²) in [4.78, 5) is 14.9. The number of thioether (sulfide) groups is 1. The fraction of sp³-hybridized carbons (Fsp3) is 0.571. The van der Waals surface area contributed by atoms with Crippen LogP contribution in [-0.2, 0) is 11.2 Å². The SMILES string of the molecule is CCCc1nc(SC(C)=O)ns1. The molecule has 0 aliphatic carbocycles. The van der Waals surface area contributed by atoms with Crippen molar-refractivity contribution >= 4 is 28.4 Å². The second-order valence-electron chi connectivity index (χ2n) is 2.31. The van der Waals surface area contributed by atoms with E-state index in [2.05, 4.69) is 16.3 Å². The Hall–Kier alpha value is -0.420. The van der Waals surface area contributed by atoms with Crippen LogP contribution in [0, 0.1) is 0 Å². The van der Waals surface area contributed by atoms with Crippen LogP contribution in [0.1, 0.15) is 25.3 Å². The monoisotopic (exact) mass is 202 g/mol. The smallest absolute Gasteiger partial charge is 0.207 e. The molecule has 0 saturated heterocycles. The van der Waals surface area contributed by atoms with E-state index in [4.69, 9.17) is 0 Å². The van der Waals surface area contributed by atoms with Crippen molar-refractivity contribution in [2.75, 3.05) is 0 Å². The first-order chi connectivity index (χ1) is 5.72. The van der Waals surface area contributed by atoms with Crippen molar-refractivity contribution in [1.82, 2.24) is 9.36 Å². The van der Waals surface area contributed by atoms with Gasteiger partial charge in [0.2, 0.25) is 5.16 Å². The Balaban J connectivity index is 2.58. The Morgan fingerprint density at radius 1 is 1.67 bits per heavy atom. The molecule has 0 bridgehead atoms. The van der Waals surface area contributed by atoms with Gasteiger partial charge in [-0.1, -0.05) is 6.92 Å². The van der Waals surface area contributed by atoms with E-state index in [1.54, 1.807) is 0 Å². The number of hydrogen-bond acceptors (Lipinski definition) is 5. The molecular formula is C7H10N2OS2. The van der Waals surface area contributed by atoms with Crippen molar-refractivity contribution in [3.8, 4) is 0 Å². The van der Waals surface area contributed by atoms with Crippen molar-refractivity contribution in [3.63, 3.8) is 0 Å². The molecule has 1 rings (SSSR count). The number of nitrogens with zero attached hydrogens (tertiary/aromatic N) is 2. The van der Waals surface area contributed by atoms with Gasteiger partial charge in [0.25, 0.3) is 0 Å². The largest absolute Gasteiger partial charge is 0.287 e. The number of hydrogen-bond donors (Lipinski definition) is 0. The Bertz CT molecular complexity index is 272. The number of aromatic nitrogens is 2. The van der Waals surface area contributed by atoms with Gasteiger partial charge < -0.3 is 0 Å². The zero-order valence-corrected chi connectivity index (χ0v) is 8.67. The Morgan fingerprint density at radius 2 is 2.42 bits per heavy atom. The van der Waals surface area contributed by atoms with E-state index in [1.165, 1.54) is 18.5 Å². The third-order valence-electron chi connectivity index (χ3n) is 1.15. The van der Waals surface area contributed by atoms with E-state index in [0.29, 0.717) is 5.16 Å². The van der Waals surface area contributed by atoms with Crippen molar-refractivity contribution in [1.29, 1.82) is 0 Å². The summed E-state index contributed by atoms with van der Waals surface area (Å²) in [6.07, 6.45) is 2.02. The summed E-state index contributed by atoms with van der Waals surface area (Å²) in [6, 6.07) is 0. The van der Waals surface area contributed by atoms with Crippen LogP contribution in [0.3, 0.4) is 0 Å². The average molecular weight is 202 g/mol. The van der Waals surface area contributed by atoms with Crippen LogP contribution in [0.25, 0.3) is 0 Å². The van der Waals surface area contributed by atoms with Gasteiger partial charge in [0, 0.05) is 13.3 Å². The lowest BCUT2D eigenvalue weighted by atomic mass is 10.4. The highest BCUT2D eigenvalue weighted by Gasteiger charge is 2.05. The second kappa shape index (κ2) is 4.57. The molecule has 1 aromatic heterocycles. The van der Waals surface area contributed by atoms with E-state index in [1.807, 2.05) is 0 Å². The highest BCUT2D eigenvalue weighted by molar-refractivity contribution is 8.13. The Labute approximate surface area is 79.8 Å². The summed E-state index contributed by atoms with van der Waals surface area (Å²) in [6.45, 7) is 3.62. The number of aryl methyl sites for hydroxylation is 1. The molecule has 0 N–H and O–H groups in total. The maximum atomic E-state index is 10.7. The number of carbonyl (C=O) groups excluding carboxylic acids is 1. The minimum atomic E-state index is 0.0378. The lowest BCUT2D eigenvalue weighted by molar-refractivity contribution is -0.109. The summed E-state index contributed by atoms with van der Waals surface area (Å²) < 4.78 is 4.05. The first kappa shape index (κ1) is 9.67. The quantitative estimate of drug-likeness (QED) is 0.704. The Morgan fingerprint density at radius 3 is 3.00 bits per heavy atom. The van der Waals surface area contributed by atoms with Gasteiger partial charge in [-0.05, 0) is 29.7 Å². The lowest BCUT2D eigenvalue weighted by Crippen LogP contribution is -1.84. The summed E-state index contributed by atoms with van der Waals surface area (Å²) in [5.74, 6) is 0. The molecule has 1 aromatic rings. The highest BCUT2D eigenvalue weighted by atomic mass is 32.2. The van der Waals surface area contributed by atoms with Crippen LogP contribution in [0.2, 0.25) is 0 Å². The summed E-state index contributed by atoms with van der Waals surface area (Å²) in [7, 11) is 0. The maximum Gasteiger partial charge on any atom is 0.207 e. The third kappa shape index (κ3) is 2.91. The van der Waals surface area contributed by atoms with Crippen molar-refractivity contribution in [3.05, 3.63) is 5.01 Å². The van der Waals surface area contributed by atoms with Crippen LogP contribution in [-0.4, -0.2) is 14.5 Å². The van der Waals surface area contributed by atoms with Gasteiger partial charge in [-0.3, -0.25) is 4.79 Å². The Kier molecular flexibility index (Phi) is 3.68. The maximum absolute atomic E-state index is 10.7. The summed E-state index contributed by atoms with van der Waals surface area (Å²) in [5.41, 5.74) is 0. The zero-order valence-electron chi connectivity index (χ0n) is 7.03. The zero-order chi connectivity index (χ0) is 8.97. The fourth-order valence-corrected chi connectivity index (χ4v) is 2.10. The van der Waals surface area contributed by atoms with Crippen LogP contribution < -0.4 is 0 Å². The molecule has 12 heavy (non-hydrogen) atoms. The molecule has 0 atom stereocenters. The van der Waals surface area contributed by atoms with E-state index in [9.17, 15) is 4.79 Å². The van der Waals surface area contributed by atoms with Gasteiger partial charge in [0.1, 0.15) is 5.01 Å². The number of carbonyl (C=O) groups is 1. The summed E-state index contributed by atoms with van der Waals surface area (Å²) >= 11 is 2.48. The number of rotatable bonds is 3. The van der Waals surface area contributed by atoms with Gasteiger partial charge in [-0.2, -0.15) is 4.37 Å². The molecule has 0 fully saturated rings. The van der Waals surface area contributed by atoms with Crippen molar-refractivity contribution in [2.45, 2.75) is 31.8 Å². The van der Waals surface area contributed by atoms with Gasteiger partial charge in [-0.15, -0.1) is 0 Å². The van der Waals surface area contributed by atoms with Crippen molar-refractivity contribution < 1.29 is 4.79 Å². The average Bonchev–Trinajstić information content (AvgIpc) is 2.36. The lowest BCUT2D eigenvalue weighted by Gasteiger charge is -1.86. The van der Waals surface area contributed by atoms with Crippen LogP contribution in [0.4, 0.5) is 0 Å². The molecule has 0 amide bonds. The van der Waals surface area contributed by atoms with Crippen LogP contribution in [0.15, 0.2) is 5.16 Å². The molecule has 5 heteroatoms. The minimum Gasteiger partial charge on any atom is -0.287 e. The minimum absolute atomic E-state index is 0.0378. The van der Waals surface area contributed by atoms with Gasteiger partial charge in [-0.25, -0.2) is 4.98 Å². The molecule has 0 radical (unpaired) electrons. The molecule has 1 heterocycles. The molecular weight excluding hydrogens is 192 g/mol. The molecule has 0 saturated carbocycles. The van der Waals surface area contributed by atoms with Crippen molar-refractivity contribution in [2.24, 2.45) is 0 Å². The van der Waals surface area contributed by atoms with E-state index >= 15 is 0 Å².